The zero-order chi connectivity index (χ0) is 28.8. The van der Waals surface area contributed by atoms with Gasteiger partial charge >= 0.3 is 14.6 Å². The molecule has 0 aliphatic rings. The second-order valence-corrected chi connectivity index (χ2v) is 9.36. The van der Waals surface area contributed by atoms with Crippen molar-refractivity contribution in [2.45, 2.75) is 13.1 Å². The quantitative estimate of drug-likeness (QED) is 0.257. The molecule has 4 aromatic carbocycles. The van der Waals surface area contributed by atoms with E-state index in [2.05, 4.69) is 22.1 Å². The summed E-state index contributed by atoms with van der Waals surface area (Å²) in [5.41, 5.74) is 8.17. The molecule has 0 saturated heterocycles. The average Bonchev–Trinajstić information content (AvgIpc) is 3.61. The van der Waals surface area contributed by atoms with Crippen molar-refractivity contribution in [3.05, 3.63) is 120 Å². The average molecular weight is 555 g/mol. The highest BCUT2D eigenvalue weighted by Gasteiger charge is 2.10. The van der Waals surface area contributed by atoms with Crippen molar-refractivity contribution < 1.29 is 20.5 Å². The Labute approximate surface area is 242 Å². The normalized spacial score (nSPS) is 10.2. The van der Waals surface area contributed by atoms with E-state index in [1.807, 2.05) is 63.7 Å². The van der Waals surface area contributed by atoms with E-state index in [-0.39, 0.29) is 5.48 Å². The fraction of sp³-hybridized carbons (Fsp3) is 0.0667. The summed E-state index contributed by atoms with van der Waals surface area (Å²) in [6, 6.07) is 29.8. The Kier molecular flexibility index (Phi) is 9.50. The lowest BCUT2D eigenvalue weighted by molar-refractivity contribution is 0.426. The van der Waals surface area contributed by atoms with Crippen LogP contribution in [0.3, 0.4) is 0 Å². The topological polar surface area (TPSA) is 175 Å². The molecule has 42 heavy (non-hydrogen) atoms. The third-order valence-electron chi connectivity index (χ3n) is 6.61. The third-order valence-corrected chi connectivity index (χ3v) is 6.61. The summed E-state index contributed by atoms with van der Waals surface area (Å²) in [6.45, 7) is 1.31. The van der Waals surface area contributed by atoms with Crippen molar-refractivity contribution in [3.8, 4) is 12.1 Å². The van der Waals surface area contributed by atoms with Crippen molar-refractivity contribution in [1.82, 2.24) is 19.1 Å². The van der Waals surface area contributed by atoms with E-state index < -0.39 is 7.12 Å². The van der Waals surface area contributed by atoms with E-state index in [0.29, 0.717) is 29.7 Å². The molecule has 2 heterocycles. The van der Waals surface area contributed by atoms with Crippen molar-refractivity contribution in [2.75, 3.05) is 0 Å². The lowest BCUT2D eigenvalue weighted by atomic mass is 9.80. The highest BCUT2D eigenvalue weighted by molar-refractivity contribution is 6.58. The van der Waals surface area contributed by atoms with Crippen molar-refractivity contribution >= 4 is 47.6 Å². The molecule has 0 spiro atoms. The van der Waals surface area contributed by atoms with Crippen LogP contribution in [0.2, 0.25) is 0 Å². The standard InChI is InChI=1S/C15H12BN3O2.C15H11BN3O.H2O/c17-8-12-3-6-14-15(7-12)19(10-18-14)9-11-1-4-13(5-2-11)16(20)21;17-8-12-3-6-15-14(7-12)18-10-19(15)9-11-1-4-13(16-20)5-2-11;/h1-7,10,20-21H,9H2;1-7,10,20H,9H2;1H2. The lowest BCUT2D eigenvalue weighted by Crippen LogP contribution is -2.29. The highest BCUT2D eigenvalue weighted by Crippen LogP contribution is 2.17. The van der Waals surface area contributed by atoms with Gasteiger partial charge in [-0.2, -0.15) is 10.5 Å². The lowest BCUT2D eigenvalue weighted by Gasteiger charge is -2.06. The molecule has 12 heteroatoms. The summed E-state index contributed by atoms with van der Waals surface area (Å²) in [5, 5.41) is 44.9. The summed E-state index contributed by atoms with van der Waals surface area (Å²) in [4.78, 5) is 8.63. The molecule has 1 radical (unpaired) electrons. The van der Waals surface area contributed by atoms with Gasteiger partial charge in [0.15, 0.2) is 0 Å². The molecule has 0 unspecified atom stereocenters. The Morgan fingerprint density at radius 1 is 0.690 bits per heavy atom. The molecular formula is C30H25B2N6O4. The molecule has 0 aliphatic carbocycles. The molecule has 10 nitrogen and oxygen atoms in total. The molecule has 6 rings (SSSR count). The van der Waals surface area contributed by atoms with Crippen molar-refractivity contribution in [1.29, 1.82) is 10.5 Å². The van der Waals surface area contributed by atoms with E-state index in [1.165, 1.54) is 0 Å². The van der Waals surface area contributed by atoms with Gasteiger partial charge in [0.05, 0.1) is 58.0 Å². The molecule has 6 aromatic rings. The number of aromatic nitrogens is 4. The van der Waals surface area contributed by atoms with Gasteiger partial charge < -0.3 is 29.7 Å². The number of hydrogen-bond donors (Lipinski definition) is 3. The molecule has 2 aromatic heterocycles. The van der Waals surface area contributed by atoms with Gasteiger partial charge in [0.25, 0.3) is 0 Å². The number of benzene rings is 4. The Morgan fingerprint density at radius 3 is 1.83 bits per heavy atom. The fourth-order valence-electron chi connectivity index (χ4n) is 4.41. The minimum absolute atomic E-state index is 0. The maximum absolute atomic E-state index is 9.08. The second-order valence-electron chi connectivity index (χ2n) is 9.36. The first kappa shape index (κ1) is 29.7. The van der Waals surface area contributed by atoms with Gasteiger partial charge in [0.1, 0.15) is 0 Å². The first-order valence-corrected chi connectivity index (χ1v) is 12.7. The van der Waals surface area contributed by atoms with Crippen LogP contribution in [0.15, 0.2) is 97.6 Å². The van der Waals surface area contributed by atoms with Crippen LogP contribution in [-0.2, 0) is 13.1 Å². The summed E-state index contributed by atoms with van der Waals surface area (Å²) < 4.78 is 3.99. The van der Waals surface area contributed by atoms with Crippen LogP contribution in [0.1, 0.15) is 22.3 Å². The number of fused-ring (bicyclic) bond motifs is 2. The molecule has 205 valence electrons. The number of imidazole rings is 2. The van der Waals surface area contributed by atoms with Gasteiger partial charge in [-0.3, -0.25) is 0 Å². The van der Waals surface area contributed by atoms with Crippen LogP contribution in [-0.4, -0.2) is 54.3 Å². The van der Waals surface area contributed by atoms with Crippen molar-refractivity contribution in [3.63, 3.8) is 0 Å². The molecule has 0 aliphatic heterocycles. The molecule has 0 fully saturated rings. The number of nitriles is 2. The predicted octanol–water partition coefficient (Wildman–Crippen LogP) is 1.00. The first-order valence-electron chi connectivity index (χ1n) is 12.7. The molecule has 0 bridgehead atoms. The van der Waals surface area contributed by atoms with E-state index in [0.717, 1.165) is 46.1 Å². The molecule has 0 amide bonds. The highest BCUT2D eigenvalue weighted by atomic mass is 16.4. The molecule has 5 N–H and O–H groups in total. The Balaban J connectivity index is 0.000000189. The van der Waals surface area contributed by atoms with Crippen LogP contribution >= 0.6 is 0 Å². The second kappa shape index (κ2) is 13.4. The first-order chi connectivity index (χ1) is 20.0. The van der Waals surface area contributed by atoms with Gasteiger partial charge in [-0.25, -0.2) is 9.97 Å². The molecule has 0 saturated carbocycles. The zero-order valence-corrected chi connectivity index (χ0v) is 22.3. The fourth-order valence-corrected chi connectivity index (χ4v) is 4.41. The van der Waals surface area contributed by atoms with Crippen LogP contribution in [0.4, 0.5) is 0 Å². The predicted molar refractivity (Wildman–Crippen MR) is 161 cm³/mol. The van der Waals surface area contributed by atoms with Crippen molar-refractivity contribution in [2.24, 2.45) is 0 Å². The maximum Gasteiger partial charge on any atom is 0.488 e. The summed E-state index contributed by atoms with van der Waals surface area (Å²) in [7, 11) is -0.369. The Morgan fingerprint density at radius 2 is 1.24 bits per heavy atom. The summed E-state index contributed by atoms with van der Waals surface area (Å²) in [5.74, 6) is 0. The van der Waals surface area contributed by atoms with E-state index >= 15 is 0 Å². The van der Waals surface area contributed by atoms with Gasteiger partial charge in [-0.1, -0.05) is 54.0 Å². The van der Waals surface area contributed by atoms with Crippen LogP contribution in [0.25, 0.3) is 22.1 Å². The SMILES string of the molecule is N#Cc1ccc2c(c1)ncn2Cc1ccc([B]O)cc1.N#Cc1ccc2ncn(Cc3ccc(B(O)O)cc3)c2c1.O. The van der Waals surface area contributed by atoms with Crippen LogP contribution in [0, 0.1) is 22.7 Å². The summed E-state index contributed by atoms with van der Waals surface area (Å²) in [6.07, 6.45) is 3.51. The number of hydrogen-bond acceptors (Lipinski definition) is 7. The molecular weight excluding hydrogens is 530 g/mol. The minimum atomic E-state index is -1.45. The van der Waals surface area contributed by atoms with E-state index in [1.54, 1.807) is 43.0 Å². The van der Waals surface area contributed by atoms with Crippen LogP contribution in [0.5, 0.6) is 0 Å². The number of nitrogens with zero attached hydrogens (tertiary/aromatic N) is 6. The summed E-state index contributed by atoms with van der Waals surface area (Å²) >= 11 is 0. The number of rotatable bonds is 6. The maximum atomic E-state index is 9.08. The van der Waals surface area contributed by atoms with Gasteiger partial charge in [0, 0.05) is 13.1 Å². The Hall–Kier alpha value is -5.23. The van der Waals surface area contributed by atoms with Gasteiger partial charge in [0.2, 0.25) is 0 Å². The minimum Gasteiger partial charge on any atom is -0.450 e. The van der Waals surface area contributed by atoms with E-state index in [9.17, 15) is 0 Å². The Bertz CT molecular complexity index is 1890. The van der Waals surface area contributed by atoms with Gasteiger partial charge in [-0.05, 0) is 53.0 Å². The largest absolute Gasteiger partial charge is 0.488 e. The smallest absolute Gasteiger partial charge is 0.450 e. The van der Waals surface area contributed by atoms with Gasteiger partial charge in [-0.15, -0.1) is 0 Å². The van der Waals surface area contributed by atoms with E-state index in [4.69, 9.17) is 25.6 Å². The monoisotopic (exact) mass is 555 g/mol. The van der Waals surface area contributed by atoms with Crippen LogP contribution < -0.4 is 10.9 Å². The third kappa shape index (κ3) is 6.73. The zero-order valence-electron chi connectivity index (χ0n) is 22.3. The molecule has 0 atom stereocenters.